The van der Waals surface area contributed by atoms with Gasteiger partial charge in [0.25, 0.3) is 0 Å². The third-order valence-electron chi connectivity index (χ3n) is 3.03. The fourth-order valence-electron chi connectivity index (χ4n) is 2.26. The molecule has 0 N–H and O–H groups in total. The van der Waals surface area contributed by atoms with Gasteiger partial charge in [-0.2, -0.15) is 0 Å². The summed E-state index contributed by atoms with van der Waals surface area (Å²) in [5, 5.41) is 0. The minimum Gasteiger partial charge on any atom is -0.0923 e. The predicted molar refractivity (Wildman–Crippen MR) is 66.0 cm³/mol. The smallest absolute Gasteiger partial charge is 0.0541 e. The molecule has 68 valence electrons. The van der Waals surface area contributed by atoms with Gasteiger partial charge in [0.1, 0.15) is 0 Å². The summed E-state index contributed by atoms with van der Waals surface area (Å²) in [6.45, 7) is 2.04. The highest BCUT2D eigenvalue weighted by Crippen LogP contribution is 2.52. The number of halogens is 1. The van der Waals surface area contributed by atoms with E-state index in [-0.39, 0.29) is 0 Å². The lowest BCUT2D eigenvalue weighted by molar-refractivity contribution is 0.503. The van der Waals surface area contributed by atoms with Crippen LogP contribution in [-0.4, -0.2) is 26.3 Å². The van der Waals surface area contributed by atoms with Crippen LogP contribution in [0.1, 0.15) is 39.0 Å². The Labute approximate surface area is 93.6 Å². The van der Waals surface area contributed by atoms with Crippen molar-refractivity contribution in [2.75, 3.05) is 0 Å². The topological polar surface area (TPSA) is 0 Å². The number of hydrogen-bond acceptors (Lipinski definition) is 0. The van der Waals surface area contributed by atoms with Crippen molar-refractivity contribution in [3.63, 3.8) is 0 Å². The molecule has 0 heterocycles. The summed E-state index contributed by atoms with van der Waals surface area (Å²) in [5.74, 6) is 1.09. The normalized spacial score (nSPS) is 35.1. The molecule has 0 aliphatic heterocycles. The molecule has 2 aliphatic carbocycles. The molecule has 2 aliphatic rings. The molecule has 0 nitrogen and oxygen atoms in total. The maximum Gasteiger partial charge on any atom is 0.0541 e. The van der Waals surface area contributed by atoms with Crippen LogP contribution in [0.4, 0.5) is 0 Å². The van der Waals surface area contributed by atoms with E-state index >= 15 is 0 Å². The van der Waals surface area contributed by atoms with Crippen molar-refractivity contribution in [2.45, 2.75) is 49.7 Å². The van der Waals surface area contributed by atoms with E-state index in [1.807, 2.05) is 14.1 Å². The first kappa shape index (κ1) is 11.7. The van der Waals surface area contributed by atoms with E-state index in [9.17, 15) is 0 Å². The van der Waals surface area contributed by atoms with Gasteiger partial charge in [-0.3, -0.25) is 0 Å². The zero-order valence-corrected chi connectivity index (χ0v) is 10.0. The van der Waals surface area contributed by atoms with Crippen LogP contribution in [0.25, 0.3) is 0 Å². The minimum absolute atomic E-state index is 0.623. The molecular formula is C9H16B3Br. The van der Waals surface area contributed by atoms with Gasteiger partial charge in [0.15, 0.2) is 0 Å². The lowest BCUT2D eigenvalue weighted by Gasteiger charge is -2.16. The van der Waals surface area contributed by atoms with E-state index in [1.165, 1.54) is 32.1 Å². The van der Waals surface area contributed by atoms with Gasteiger partial charge < -0.3 is 0 Å². The maximum atomic E-state index is 4.96. The van der Waals surface area contributed by atoms with Crippen LogP contribution in [0, 0.1) is 5.92 Å². The Bertz CT molecular complexity index is 142. The molecule has 0 aromatic rings. The van der Waals surface area contributed by atoms with Crippen LogP contribution in [0.2, 0.25) is 6.32 Å². The zero-order chi connectivity index (χ0) is 9.73. The molecule has 2 bridgehead atoms. The molecule has 2 fully saturated rings. The molecule has 4 radical (unpaired) electrons. The van der Waals surface area contributed by atoms with E-state index in [4.69, 9.17) is 7.74 Å². The number of alkyl halides is 1. The maximum absolute atomic E-state index is 4.96. The Morgan fingerprint density at radius 3 is 2.15 bits per heavy atom. The molecule has 0 amide bonds. The van der Waals surface area contributed by atoms with Gasteiger partial charge in [-0.25, -0.2) is 0 Å². The monoisotopic (exact) mass is 236 g/mol. The van der Waals surface area contributed by atoms with Gasteiger partial charge in [0.05, 0.1) is 7.17 Å². The third-order valence-corrected chi connectivity index (χ3v) is 4.14. The molecule has 0 aromatic carbocycles. The third kappa shape index (κ3) is 3.73. The van der Waals surface area contributed by atoms with Crippen LogP contribution in [0.3, 0.4) is 0 Å². The molecule has 0 atom stereocenters. The second kappa shape index (κ2) is 5.53. The SMILES string of the molecule is BrC12CCC(CC1)C2.[B][B][B]CC. The summed E-state index contributed by atoms with van der Waals surface area (Å²) in [4.78, 5) is 0. The summed E-state index contributed by atoms with van der Waals surface area (Å²) >= 11 is 3.79. The van der Waals surface area contributed by atoms with Crippen LogP contribution in [-0.2, 0) is 0 Å². The minimum atomic E-state index is 0.623. The number of rotatable bonds is 2. The Morgan fingerprint density at radius 1 is 1.46 bits per heavy atom. The highest BCUT2D eigenvalue weighted by Gasteiger charge is 2.42. The van der Waals surface area contributed by atoms with Crippen molar-refractivity contribution >= 4 is 37.9 Å². The summed E-state index contributed by atoms with van der Waals surface area (Å²) in [7, 11) is 8.42. The van der Waals surface area contributed by atoms with Crippen molar-refractivity contribution in [1.82, 2.24) is 0 Å². The molecule has 0 spiro atoms. The summed E-state index contributed by atoms with van der Waals surface area (Å²) in [6, 6.07) is 0. The fraction of sp³-hybridized carbons (Fsp3) is 1.00. The Morgan fingerprint density at radius 2 is 2.08 bits per heavy atom. The van der Waals surface area contributed by atoms with Crippen molar-refractivity contribution in [2.24, 2.45) is 5.92 Å². The second-order valence-electron chi connectivity index (χ2n) is 4.13. The van der Waals surface area contributed by atoms with Crippen molar-refractivity contribution in [3.8, 4) is 0 Å². The zero-order valence-electron chi connectivity index (χ0n) is 8.43. The average Bonchev–Trinajstić information content (AvgIpc) is 2.64. The van der Waals surface area contributed by atoms with E-state index in [2.05, 4.69) is 15.9 Å². The quantitative estimate of drug-likeness (QED) is 0.511. The fourth-order valence-corrected chi connectivity index (χ4v) is 3.17. The second-order valence-corrected chi connectivity index (χ2v) is 5.82. The van der Waals surface area contributed by atoms with E-state index in [0.29, 0.717) is 4.32 Å². The van der Waals surface area contributed by atoms with Crippen LogP contribution in [0.5, 0.6) is 0 Å². The molecule has 0 saturated heterocycles. The first-order valence-electron chi connectivity index (χ1n) is 5.26. The van der Waals surface area contributed by atoms with E-state index in [1.54, 1.807) is 7.06 Å². The van der Waals surface area contributed by atoms with Crippen molar-refractivity contribution in [1.29, 1.82) is 0 Å². The van der Waals surface area contributed by atoms with Gasteiger partial charge in [-0.1, -0.05) is 29.2 Å². The molecule has 0 aromatic heterocycles. The van der Waals surface area contributed by atoms with Gasteiger partial charge in [-0.15, -0.1) is 0 Å². The summed E-state index contributed by atoms with van der Waals surface area (Å²) in [5.41, 5.74) is 0. The molecular weight excluding hydrogens is 220 g/mol. The molecule has 2 rings (SSSR count). The Kier molecular flexibility index (Phi) is 5.00. The van der Waals surface area contributed by atoms with Crippen molar-refractivity contribution in [3.05, 3.63) is 0 Å². The van der Waals surface area contributed by atoms with Gasteiger partial charge >= 0.3 is 0 Å². The number of hydrogen-bond donors (Lipinski definition) is 0. The van der Waals surface area contributed by atoms with Crippen molar-refractivity contribution < 1.29 is 0 Å². The van der Waals surface area contributed by atoms with E-state index in [0.717, 1.165) is 12.2 Å². The predicted octanol–water partition coefficient (Wildman–Crippen LogP) is 2.55. The van der Waals surface area contributed by atoms with Gasteiger partial charge in [0, 0.05) is 19.1 Å². The largest absolute Gasteiger partial charge is 0.0923 e. The Balaban J connectivity index is 0.000000149. The van der Waals surface area contributed by atoms with Crippen LogP contribution in [0.15, 0.2) is 0 Å². The number of fused-ring (bicyclic) bond motifs is 2. The highest BCUT2D eigenvalue weighted by molar-refractivity contribution is 9.10. The molecule has 13 heavy (non-hydrogen) atoms. The van der Waals surface area contributed by atoms with Crippen LogP contribution >= 0.6 is 15.9 Å². The first-order valence-corrected chi connectivity index (χ1v) is 6.05. The average molecular weight is 237 g/mol. The van der Waals surface area contributed by atoms with Gasteiger partial charge in [0.2, 0.25) is 0 Å². The van der Waals surface area contributed by atoms with Crippen LogP contribution < -0.4 is 0 Å². The Hall–Kier alpha value is 0.675. The summed E-state index contributed by atoms with van der Waals surface area (Å²) < 4.78 is 0.623. The molecule has 4 heteroatoms. The molecule has 0 unspecified atom stereocenters. The lowest BCUT2D eigenvalue weighted by Crippen LogP contribution is -2.10. The standard InChI is InChI=1S/C7H11Br.C2H5B3/c8-7-3-1-6(5-7)2-4-7;1-2-4-5-3/h6H,1-5H2;2H2,1H3. The highest BCUT2D eigenvalue weighted by atomic mass is 79.9. The van der Waals surface area contributed by atoms with Gasteiger partial charge in [-0.05, 0) is 38.0 Å². The lowest BCUT2D eigenvalue weighted by atomic mass is 9.27. The first-order chi connectivity index (χ1) is 6.20. The van der Waals surface area contributed by atoms with E-state index < -0.39 is 0 Å². The molecule has 2 saturated carbocycles. The summed E-state index contributed by atoms with van der Waals surface area (Å²) in [6.07, 6.45) is 8.37.